The van der Waals surface area contributed by atoms with E-state index in [9.17, 15) is 14.7 Å². The van der Waals surface area contributed by atoms with E-state index in [2.05, 4.69) is 4.98 Å². The van der Waals surface area contributed by atoms with Gasteiger partial charge in [-0.3, -0.25) is 9.59 Å². The van der Waals surface area contributed by atoms with Crippen LogP contribution in [-0.4, -0.2) is 69.8 Å². The predicted molar refractivity (Wildman–Crippen MR) is 139 cm³/mol. The Hall–Kier alpha value is -3.65. The molecule has 2 aromatic heterocycles. The van der Waals surface area contributed by atoms with Crippen LogP contribution in [-0.2, 0) is 9.59 Å². The third kappa shape index (κ3) is 4.73. The quantitative estimate of drug-likeness (QED) is 0.276. The van der Waals surface area contributed by atoms with Gasteiger partial charge in [0, 0.05) is 12.7 Å². The molecule has 8 nitrogen and oxygen atoms in total. The molecule has 3 aromatic rings. The summed E-state index contributed by atoms with van der Waals surface area (Å²) in [5.41, 5.74) is 3.46. The molecule has 0 radical (unpaired) electrons. The number of pyridine rings is 1. The highest BCUT2D eigenvalue weighted by atomic mass is 16.5. The van der Waals surface area contributed by atoms with Crippen LogP contribution in [0.3, 0.4) is 0 Å². The zero-order valence-electron chi connectivity index (χ0n) is 21.6. The number of hydrogen-bond acceptors (Lipinski definition) is 6. The van der Waals surface area contributed by atoms with Gasteiger partial charge < -0.3 is 24.0 Å². The summed E-state index contributed by atoms with van der Waals surface area (Å²) in [6, 6.07) is 10.5. The minimum atomic E-state index is -0.710. The Kier molecular flexibility index (Phi) is 7.45. The van der Waals surface area contributed by atoms with Crippen molar-refractivity contribution in [2.24, 2.45) is 0 Å². The second-order valence-corrected chi connectivity index (χ2v) is 9.50. The van der Waals surface area contributed by atoms with Gasteiger partial charge in [-0.15, -0.1) is 0 Å². The monoisotopic (exact) mass is 490 g/mol. The van der Waals surface area contributed by atoms with Crippen molar-refractivity contribution < 1.29 is 19.4 Å². The smallest absolute Gasteiger partial charge is 0.295 e. The van der Waals surface area contributed by atoms with Gasteiger partial charge >= 0.3 is 0 Å². The highest BCUT2D eigenvalue weighted by Crippen LogP contribution is 2.40. The Bertz CT molecular complexity index is 1310. The van der Waals surface area contributed by atoms with Gasteiger partial charge in [-0.2, -0.15) is 0 Å². The van der Waals surface area contributed by atoms with Gasteiger partial charge in [0.05, 0.1) is 23.9 Å². The predicted octanol–water partition coefficient (Wildman–Crippen LogP) is 4.11. The summed E-state index contributed by atoms with van der Waals surface area (Å²) >= 11 is 0. The van der Waals surface area contributed by atoms with E-state index < -0.39 is 17.7 Å². The molecule has 3 heterocycles. The topological polar surface area (TPSA) is 87.4 Å². The molecule has 0 aliphatic carbocycles. The van der Waals surface area contributed by atoms with Crippen LogP contribution in [0.2, 0.25) is 0 Å². The summed E-state index contributed by atoms with van der Waals surface area (Å²) in [7, 11) is 3.93. The summed E-state index contributed by atoms with van der Waals surface area (Å²) in [5, 5.41) is 11.5. The number of aryl methyl sites for hydroxylation is 2. The van der Waals surface area contributed by atoms with E-state index in [4.69, 9.17) is 4.74 Å². The number of carbonyl (C=O) groups excluding carboxylic acids is 2. The van der Waals surface area contributed by atoms with Gasteiger partial charge in [0.1, 0.15) is 17.1 Å². The number of likely N-dealkylation sites (tertiary alicyclic amines) is 1. The Morgan fingerprint density at radius 2 is 1.86 bits per heavy atom. The maximum Gasteiger partial charge on any atom is 0.295 e. The largest absolute Gasteiger partial charge is 0.505 e. The van der Waals surface area contributed by atoms with Crippen molar-refractivity contribution in [3.8, 4) is 5.75 Å². The van der Waals surface area contributed by atoms with E-state index in [0.29, 0.717) is 36.6 Å². The second-order valence-electron chi connectivity index (χ2n) is 9.50. The van der Waals surface area contributed by atoms with Crippen molar-refractivity contribution in [1.29, 1.82) is 0 Å². The van der Waals surface area contributed by atoms with Crippen LogP contribution in [0.15, 0.2) is 48.2 Å². The number of benzene rings is 1. The highest BCUT2D eigenvalue weighted by Gasteiger charge is 2.46. The standard InChI is InChI=1S/C28H34N4O4/c1-6-17-36-21-12-10-20(11-13-21)24-22(26(34)28(35)32(24)16-8-14-30(4)5)25(33)23-19(3)31-15-7-9-18(2)27(31)29-23/h7,9-13,15,24,33H,6,8,14,16-17H2,1-5H3. The minimum absolute atomic E-state index is 0.0660. The third-order valence-electron chi connectivity index (χ3n) is 6.52. The molecule has 4 rings (SSSR count). The number of aliphatic hydroxyl groups excluding tert-OH is 1. The fraction of sp³-hybridized carbons (Fsp3) is 0.393. The molecule has 1 aliphatic rings. The number of fused-ring (bicyclic) bond motifs is 1. The van der Waals surface area contributed by atoms with Gasteiger partial charge in [-0.05, 0) is 76.7 Å². The summed E-state index contributed by atoms with van der Waals surface area (Å²) in [6.07, 6.45) is 3.46. The number of imidazole rings is 1. The van der Waals surface area contributed by atoms with Gasteiger partial charge in [-0.1, -0.05) is 25.1 Å². The van der Waals surface area contributed by atoms with Gasteiger partial charge in [0.25, 0.3) is 11.7 Å². The molecule has 1 aliphatic heterocycles. The zero-order chi connectivity index (χ0) is 26.0. The molecule has 1 fully saturated rings. The van der Waals surface area contributed by atoms with Crippen molar-refractivity contribution in [3.63, 3.8) is 0 Å². The molecule has 0 saturated carbocycles. The number of nitrogens with zero attached hydrogens (tertiary/aromatic N) is 4. The molecule has 0 spiro atoms. The van der Waals surface area contributed by atoms with Crippen molar-refractivity contribution in [1.82, 2.24) is 19.2 Å². The first-order valence-electron chi connectivity index (χ1n) is 12.3. The Labute approximate surface area is 211 Å². The number of ketones is 1. The fourth-order valence-electron chi connectivity index (χ4n) is 4.65. The number of rotatable bonds is 9. The average Bonchev–Trinajstić information content (AvgIpc) is 3.33. The third-order valence-corrected chi connectivity index (χ3v) is 6.52. The zero-order valence-corrected chi connectivity index (χ0v) is 21.6. The molecule has 190 valence electrons. The van der Waals surface area contributed by atoms with E-state index in [1.165, 1.54) is 0 Å². The van der Waals surface area contributed by atoms with Gasteiger partial charge in [0.2, 0.25) is 0 Å². The molecule has 8 heteroatoms. The minimum Gasteiger partial charge on any atom is -0.505 e. The molecule has 1 unspecified atom stereocenters. The lowest BCUT2D eigenvalue weighted by Crippen LogP contribution is -2.32. The van der Waals surface area contributed by atoms with Crippen LogP contribution < -0.4 is 4.74 Å². The highest BCUT2D eigenvalue weighted by molar-refractivity contribution is 6.46. The molecule has 1 saturated heterocycles. The molecule has 1 atom stereocenters. The molecule has 1 amide bonds. The number of Topliss-reactive ketones (excluding diaryl/α,β-unsaturated/α-hetero) is 1. The molecule has 0 bridgehead atoms. The number of ether oxygens (including phenoxy) is 1. The maximum atomic E-state index is 13.3. The van der Waals surface area contributed by atoms with Crippen LogP contribution >= 0.6 is 0 Å². The molecule has 1 aromatic carbocycles. The Morgan fingerprint density at radius 3 is 2.50 bits per heavy atom. The van der Waals surface area contributed by atoms with E-state index in [1.54, 1.807) is 4.90 Å². The van der Waals surface area contributed by atoms with Crippen molar-refractivity contribution >= 4 is 23.1 Å². The summed E-state index contributed by atoms with van der Waals surface area (Å²) in [5.74, 6) is -0.830. The van der Waals surface area contributed by atoms with Gasteiger partial charge in [0.15, 0.2) is 5.76 Å². The lowest BCUT2D eigenvalue weighted by molar-refractivity contribution is -0.139. The molecular formula is C28H34N4O4. The van der Waals surface area contributed by atoms with Crippen LogP contribution in [0.5, 0.6) is 5.75 Å². The van der Waals surface area contributed by atoms with Crippen molar-refractivity contribution in [2.45, 2.75) is 39.7 Å². The Balaban J connectivity index is 1.82. The Morgan fingerprint density at radius 1 is 1.14 bits per heavy atom. The number of aromatic nitrogens is 2. The van der Waals surface area contributed by atoms with E-state index in [1.807, 2.05) is 86.8 Å². The van der Waals surface area contributed by atoms with E-state index >= 15 is 0 Å². The van der Waals surface area contributed by atoms with E-state index in [-0.39, 0.29) is 11.3 Å². The van der Waals surface area contributed by atoms with E-state index in [0.717, 1.165) is 29.8 Å². The summed E-state index contributed by atoms with van der Waals surface area (Å²) in [4.78, 5) is 34.8. The van der Waals surface area contributed by atoms with Crippen molar-refractivity contribution in [3.05, 3.63) is 70.7 Å². The fourth-order valence-corrected chi connectivity index (χ4v) is 4.65. The summed E-state index contributed by atoms with van der Waals surface area (Å²) in [6.45, 7) is 7.59. The number of carbonyl (C=O) groups is 2. The van der Waals surface area contributed by atoms with Crippen LogP contribution in [0, 0.1) is 13.8 Å². The molecular weight excluding hydrogens is 456 g/mol. The number of amides is 1. The first-order valence-corrected chi connectivity index (χ1v) is 12.3. The lowest BCUT2D eigenvalue weighted by Gasteiger charge is -2.26. The van der Waals surface area contributed by atoms with Gasteiger partial charge in [-0.25, -0.2) is 4.98 Å². The normalized spacial score (nSPS) is 17.5. The van der Waals surface area contributed by atoms with Crippen LogP contribution in [0.1, 0.15) is 48.3 Å². The van der Waals surface area contributed by atoms with Crippen LogP contribution in [0.4, 0.5) is 0 Å². The summed E-state index contributed by atoms with van der Waals surface area (Å²) < 4.78 is 7.59. The SMILES string of the molecule is CCCOc1ccc(C2C(=C(O)c3nc4c(C)cccn4c3C)C(=O)C(=O)N2CCCN(C)C)cc1. The first kappa shape index (κ1) is 25.4. The number of aliphatic hydroxyl groups is 1. The van der Waals surface area contributed by atoms with Crippen LogP contribution in [0.25, 0.3) is 11.4 Å². The molecule has 1 N–H and O–H groups in total. The molecule has 36 heavy (non-hydrogen) atoms. The number of hydrogen-bond donors (Lipinski definition) is 1. The van der Waals surface area contributed by atoms with Crippen molar-refractivity contribution in [2.75, 3.05) is 33.8 Å². The average molecular weight is 491 g/mol. The first-order chi connectivity index (χ1) is 17.2. The maximum absolute atomic E-state index is 13.3. The lowest BCUT2D eigenvalue weighted by atomic mass is 9.96. The second kappa shape index (κ2) is 10.5.